The average Bonchev–Trinajstić information content (AvgIpc) is 2.81. The van der Waals surface area contributed by atoms with Crippen LogP contribution in [0.1, 0.15) is 11.1 Å². The third-order valence-corrected chi connectivity index (χ3v) is 5.92. The Morgan fingerprint density at radius 2 is 0.865 bits per heavy atom. The number of nitrogens with two attached hydrogens (primary N) is 2. The smallest absolute Gasteiger partial charge is 0.397 e. The maximum atomic E-state index is 14.7. The summed E-state index contributed by atoms with van der Waals surface area (Å²) in [6.45, 7) is 0. The second-order valence-corrected chi connectivity index (χ2v) is 8.33. The Bertz CT molecular complexity index is 1290. The monoisotopic (exact) mass is 516 g/mol. The number of anilines is 6. The van der Waals surface area contributed by atoms with Crippen molar-refractivity contribution in [3.8, 4) is 0 Å². The van der Waals surface area contributed by atoms with E-state index in [1.807, 2.05) is 0 Å². The zero-order chi connectivity index (χ0) is 26.8. The second-order valence-electron chi connectivity index (χ2n) is 8.33. The molecule has 0 bridgehead atoms. The van der Waals surface area contributed by atoms with Crippen LogP contribution in [-0.2, 0) is 5.41 Å². The molecular formula is C27H22F6N4. The number of alkyl halides is 6. The van der Waals surface area contributed by atoms with Gasteiger partial charge in [0.25, 0.3) is 0 Å². The standard InChI is InChI=1S/C27H22F6N4/c28-26(29,30)25(27(31,32)33,17-7-5-9-19(15-17)36-23-13-3-1-11-21(23)34)18-8-6-10-20(16-18)37-24-14-4-2-12-22(24)35/h1-16,36-37H,34-35H2. The van der Waals surface area contributed by atoms with Crippen molar-refractivity contribution in [3.05, 3.63) is 108 Å². The Morgan fingerprint density at radius 1 is 0.486 bits per heavy atom. The third-order valence-electron chi connectivity index (χ3n) is 5.92. The molecule has 0 aliphatic carbocycles. The first-order chi connectivity index (χ1) is 17.4. The SMILES string of the molecule is Nc1ccccc1Nc1cccc(C(c2cccc(Nc3ccccc3N)c2)(C(F)(F)F)C(F)(F)F)c1. The van der Waals surface area contributed by atoms with Crippen molar-refractivity contribution in [1.29, 1.82) is 0 Å². The van der Waals surface area contributed by atoms with Gasteiger partial charge in [-0.3, -0.25) is 0 Å². The van der Waals surface area contributed by atoms with Gasteiger partial charge in [0.15, 0.2) is 0 Å². The van der Waals surface area contributed by atoms with Crippen molar-refractivity contribution in [2.24, 2.45) is 0 Å². The van der Waals surface area contributed by atoms with Gasteiger partial charge in [-0.15, -0.1) is 0 Å². The number of benzene rings is 4. The highest BCUT2D eigenvalue weighted by Gasteiger charge is 2.72. The normalized spacial score (nSPS) is 12.3. The fourth-order valence-corrected chi connectivity index (χ4v) is 4.18. The molecule has 0 saturated heterocycles. The Labute approximate surface area is 208 Å². The lowest BCUT2D eigenvalue weighted by Gasteiger charge is -2.38. The van der Waals surface area contributed by atoms with Crippen LogP contribution >= 0.6 is 0 Å². The van der Waals surface area contributed by atoms with E-state index in [1.54, 1.807) is 48.5 Å². The number of hydrogen-bond acceptors (Lipinski definition) is 4. The summed E-state index contributed by atoms with van der Waals surface area (Å²) >= 11 is 0. The molecule has 0 fully saturated rings. The van der Waals surface area contributed by atoms with E-state index in [0.29, 0.717) is 11.4 Å². The lowest BCUT2D eigenvalue weighted by atomic mass is 9.72. The summed E-state index contributed by atoms with van der Waals surface area (Å²) in [5.41, 5.74) is 6.71. The van der Waals surface area contributed by atoms with Crippen LogP contribution in [0.15, 0.2) is 97.1 Å². The molecule has 0 radical (unpaired) electrons. The zero-order valence-corrected chi connectivity index (χ0v) is 19.2. The van der Waals surface area contributed by atoms with Crippen LogP contribution in [0.4, 0.5) is 60.5 Å². The Morgan fingerprint density at radius 3 is 1.22 bits per heavy atom. The predicted octanol–water partition coefficient (Wildman–Crippen LogP) is 7.75. The molecule has 10 heteroatoms. The number of halogens is 6. The second kappa shape index (κ2) is 9.61. The number of hydrogen-bond donors (Lipinski definition) is 4. The molecule has 192 valence electrons. The summed E-state index contributed by atoms with van der Waals surface area (Å²) in [4.78, 5) is 0. The van der Waals surface area contributed by atoms with Gasteiger partial charge in [0.05, 0.1) is 22.7 Å². The maximum absolute atomic E-state index is 14.7. The van der Waals surface area contributed by atoms with Crippen molar-refractivity contribution in [3.63, 3.8) is 0 Å². The molecule has 4 nitrogen and oxygen atoms in total. The molecule has 0 spiro atoms. The molecule has 0 unspecified atom stereocenters. The number of nitrogen functional groups attached to an aromatic ring is 2. The van der Waals surface area contributed by atoms with Gasteiger partial charge < -0.3 is 22.1 Å². The third kappa shape index (κ3) is 4.87. The van der Waals surface area contributed by atoms with Gasteiger partial charge in [-0.2, -0.15) is 26.3 Å². The van der Waals surface area contributed by atoms with Crippen molar-refractivity contribution in [1.82, 2.24) is 0 Å². The molecule has 0 heterocycles. The summed E-state index contributed by atoms with van der Waals surface area (Å²) in [7, 11) is 0. The van der Waals surface area contributed by atoms with Crippen LogP contribution in [0, 0.1) is 0 Å². The molecule has 37 heavy (non-hydrogen) atoms. The van der Waals surface area contributed by atoms with Gasteiger partial charge >= 0.3 is 12.4 Å². The minimum Gasteiger partial charge on any atom is -0.397 e. The summed E-state index contributed by atoms with van der Waals surface area (Å²) < 4.78 is 88.1. The summed E-state index contributed by atoms with van der Waals surface area (Å²) in [6.07, 6.45) is -11.5. The number of rotatable bonds is 6. The number of para-hydroxylation sites is 4. The summed E-state index contributed by atoms with van der Waals surface area (Å²) in [5, 5.41) is 5.61. The van der Waals surface area contributed by atoms with E-state index in [4.69, 9.17) is 11.5 Å². The Kier molecular flexibility index (Phi) is 6.68. The van der Waals surface area contributed by atoms with Gasteiger partial charge in [-0.1, -0.05) is 48.5 Å². The van der Waals surface area contributed by atoms with Crippen molar-refractivity contribution in [2.45, 2.75) is 17.8 Å². The van der Waals surface area contributed by atoms with E-state index in [2.05, 4.69) is 10.6 Å². The molecule has 4 rings (SSSR count). The predicted molar refractivity (Wildman–Crippen MR) is 134 cm³/mol. The largest absolute Gasteiger partial charge is 0.411 e. The minimum atomic E-state index is -5.74. The highest BCUT2D eigenvalue weighted by molar-refractivity contribution is 5.74. The van der Waals surface area contributed by atoms with Crippen LogP contribution < -0.4 is 22.1 Å². The van der Waals surface area contributed by atoms with Crippen LogP contribution in [0.3, 0.4) is 0 Å². The van der Waals surface area contributed by atoms with Crippen LogP contribution in [0.5, 0.6) is 0 Å². The lowest BCUT2D eigenvalue weighted by Crippen LogP contribution is -2.54. The fourth-order valence-electron chi connectivity index (χ4n) is 4.18. The summed E-state index contributed by atoms with van der Waals surface area (Å²) in [5.74, 6) is 0. The van der Waals surface area contributed by atoms with Gasteiger partial charge in [0.2, 0.25) is 5.41 Å². The van der Waals surface area contributed by atoms with E-state index in [1.165, 1.54) is 12.1 Å². The van der Waals surface area contributed by atoms with E-state index in [-0.39, 0.29) is 22.7 Å². The van der Waals surface area contributed by atoms with Gasteiger partial charge in [-0.25, -0.2) is 0 Å². The molecule has 4 aromatic carbocycles. The molecule has 6 N–H and O–H groups in total. The van der Waals surface area contributed by atoms with Crippen molar-refractivity contribution in [2.75, 3.05) is 22.1 Å². The van der Waals surface area contributed by atoms with Crippen molar-refractivity contribution >= 4 is 34.1 Å². The van der Waals surface area contributed by atoms with Crippen LogP contribution in [0.2, 0.25) is 0 Å². The summed E-state index contributed by atoms with van der Waals surface area (Å²) in [6, 6.07) is 21.1. The number of nitrogens with one attached hydrogen (secondary N) is 2. The average molecular weight is 516 g/mol. The molecule has 0 saturated carbocycles. The highest BCUT2D eigenvalue weighted by atomic mass is 19.4. The van der Waals surface area contributed by atoms with Gasteiger partial charge in [0.1, 0.15) is 0 Å². The molecular weight excluding hydrogens is 494 g/mol. The molecule has 0 amide bonds. The first kappa shape index (κ1) is 25.7. The molecule has 0 atom stereocenters. The van der Waals surface area contributed by atoms with Crippen molar-refractivity contribution < 1.29 is 26.3 Å². The lowest BCUT2D eigenvalue weighted by molar-refractivity contribution is -0.288. The van der Waals surface area contributed by atoms with E-state index >= 15 is 0 Å². The molecule has 0 aliphatic heterocycles. The van der Waals surface area contributed by atoms with Crippen LogP contribution in [-0.4, -0.2) is 12.4 Å². The quantitative estimate of drug-likeness (QED) is 0.156. The van der Waals surface area contributed by atoms with Gasteiger partial charge in [-0.05, 0) is 59.7 Å². The first-order valence-corrected chi connectivity index (χ1v) is 11.0. The van der Waals surface area contributed by atoms with Crippen LogP contribution in [0.25, 0.3) is 0 Å². The minimum absolute atomic E-state index is 0.0135. The molecule has 0 aliphatic rings. The first-order valence-electron chi connectivity index (χ1n) is 11.0. The van der Waals surface area contributed by atoms with E-state index < -0.39 is 28.9 Å². The topological polar surface area (TPSA) is 76.1 Å². The highest BCUT2D eigenvalue weighted by Crippen LogP contribution is 2.56. The van der Waals surface area contributed by atoms with E-state index in [9.17, 15) is 26.3 Å². The maximum Gasteiger partial charge on any atom is 0.411 e. The zero-order valence-electron chi connectivity index (χ0n) is 19.2. The molecule has 4 aromatic rings. The molecule has 0 aromatic heterocycles. The van der Waals surface area contributed by atoms with Gasteiger partial charge in [0, 0.05) is 11.4 Å². The Balaban J connectivity index is 1.87. The fraction of sp³-hybridized carbons (Fsp3) is 0.111. The van der Waals surface area contributed by atoms with E-state index in [0.717, 1.165) is 36.4 Å². The Hall–Kier alpha value is -4.34.